The molecule has 1 N–H and O–H groups in total. The van der Waals surface area contributed by atoms with Crippen LogP contribution in [0.3, 0.4) is 0 Å². The molecule has 144 valence electrons. The van der Waals surface area contributed by atoms with Gasteiger partial charge in [-0.2, -0.15) is 0 Å². The molecule has 5 rings (SSSR count). The third-order valence-electron chi connectivity index (χ3n) is 5.98. The molecule has 0 amide bonds. The lowest BCUT2D eigenvalue weighted by Crippen LogP contribution is -2.11. The lowest BCUT2D eigenvalue weighted by Gasteiger charge is -2.26. The van der Waals surface area contributed by atoms with Crippen LogP contribution in [-0.4, -0.2) is 14.7 Å². The Hall–Kier alpha value is -3.33. The maximum atomic E-state index is 10.5. The van der Waals surface area contributed by atoms with Gasteiger partial charge >= 0.3 is 0 Å². The van der Waals surface area contributed by atoms with Gasteiger partial charge in [-0.05, 0) is 51.9 Å². The topological polar surface area (TPSA) is 38.0 Å². The Morgan fingerprint density at radius 1 is 0.931 bits per heavy atom. The summed E-state index contributed by atoms with van der Waals surface area (Å²) in [4.78, 5) is 4.68. The Kier molecular flexibility index (Phi) is 4.06. The summed E-state index contributed by atoms with van der Waals surface area (Å²) in [6.07, 6.45) is 3.87. The standard InChI is InChI=1S/C26H24N2O/c1-16(2)21-9-6-10-23-17(3)22-7-4-5-8-24(22)18-13-19(15-20(29)14-18)26-27-11-12-28(26)25(21)23/h4-17,29H,1-3H3. The molecule has 4 aromatic rings. The smallest absolute Gasteiger partial charge is 0.144 e. The van der Waals surface area contributed by atoms with Crippen molar-refractivity contribution >= 4 is 0 Å². The third kappa shape index (κ3) is 2.77. The van der Waals surface area contributed by atoms with E-state index in [9.17, 15) is 5.11 Å². The quantitative estimate of drug-likeness (QED) is 0.409. The van der Waals surface area contributed by atoms with E-state index in [1.165, 1.54) is 22.4 Å². The van der Waals surface area contributed by atoms with Crippen LogP contribution in [0.1, 0.15) is 49.3 Å². The Morgan fingerprint density at radius 2 is 1.69 bits per heavy atom. The first kappa shape index (κ1) is 17.7. The van der Waals surface area contributed by atoms with E-state index >= 15 is 0 Å². The molecule has 0 aliphatic carbocycles. The molecule has 2 bridgehead atoms. The minimum absolute atomic E-state index is 0.194. The van der Waals surface area contributed by atoms with Crippen LogP contribution >= 0.6 is 0 Å². The number of aromatic hydroxyl groups is 1. The molecule has 3 aromatic carbocycles. The molecule has 1 aliphatic rings. The fourth-order valence-corrected chi connectivity index (χ4v) is 4.57. The van der Waals surface area contributed by atoms with Crippen molar-refractivity contribution in [3.05, 3.63) is 89.7 Å². The Balaban J connectivity index is 1.96. The van der Waals surface area contributed by atoms with Gasteiger partial charge in [-0.1, -0.05) is 63.2 Å². The molecule has 3 nitrogen and oxygen atoms in total. The van der Waals surface area contributed by atoms with E-state index < -0.39 is 0 Å². The molecule has 0 saturated heterocycles. The van der Waals surface area contributed by atoms with E-state index in [-0.39, 0.29) is 11.7 Å². The van der Waals surface area contributed by atoms with Gasteiger partial charge in [0, 0.05) is 23.9 Å². The van der Waals surface area contributed by atoms with Gasteiger partial charge in [-0.25, -0.2) is 4.98 Å². The predicted molar refractivity (Wildman–Crippen MR) is 118 cm³/mol. The first-order chi connectivity index (χ1) is 14.0. The molecule has 1 aliphatic heterocycles. The van der Waals surface area contributed by atoms with Gasteiger partial charge in [-0.15, -0.1) is 0 Å². The Bertz CT molecular complexity index is 1220. The predicted octanol–water partition coefficient (Wildman–Crippen LogP) is 6.50. The van der Waals surface area contributed by atoms with Gasteiger partial charge < -0.3 is 5.11 Å². The van der Waals surface area contributed by atoms with Crippen LogP contribution in [0.5, 0.6) is 5.75 Å². The van der Waals surface area contributed by atoms with Crippen molar-refractivity contribution in [3.63, 3.8) is 0 Å². The highest BCUT2D eigenvalue weighted by Gasteiger charge is 2.24. The number of hydrogen-bond donors (Lipinski definition) is 1. The summed E-state index contributed by atoms with van der Waals surface area (Å²) in [5.74, 6) is 1.68. The van der Waals surface area contributed by atoms with Crippen LogP contribution in [0.15, 0.2) is 73.1 Å². The zero-order chi connectivity index (χ0) is 20.1. The van der Waals surface area contributed by atoms with Crippen molar-refractivity contribution in [1.29, 1.82) is 0 Å². The van der Waals surface area contributed by atoms with Crippen LogP contribution in [0.25, 0.3) is 28.2 Å². The molecular formula is C26H24N2O. The summed E-state index contributed by atoms with van der Waals surface area (Å²) < 4.78 is 2.19. The fourth-order valence-electron chi connectivity index (χ4n) is 4.57. The molecule has 29 heavy (non-hydrogen) atoms. The summed E-state index contributed by atoms with van der Waals surface area (Å²) in [6, 6.07) is 20.9. The molecule has 0 radical (unpaired) electrons. The van der Waals surface area contributed by atoms with Gasteiger partial charge in [-0.3, -0.25) is 4.57 Å². The van der Waals surface area contributed by atoms with Crippen LogP contribution in [0.2, 0.25) is 0 Å². The Morgan fingerprint density at radius 3 is 2.52 bits per heavy atom. The van der Waals surface area contributed by atoms with Crippen molar-refractivity contribution in [3.8, 4) is 34.0 Å². The highest BCUT2D eigenvalue weighted by Crippen LogP contribution is 2.42. The molecule has 0 saturated carbocycles. The molecule has 1 atom stereocenters. The minimum atomic E-state index is 0.194. The minimum Gasteiger partial charge on any atom is -0.508 e. The van der Waals surface area contributed by atoms with E-state index in [2.05, 4.69) is 78.9 Å². The lowest BCUT2D eigenvalue weighted by atomic mass is 9.83. The summed E-state index contributed by atoms with van der Waals surface area (Å²) in [7, 11) is 0. The molecule has 0 spiro atoms. The third-order valence-corrected chi connectivity index (χ3v) is 5.98. The average molecular weight is 380 g/mol. The largest absolute Gasteiger partial charge is 0.508 e. The van der Waals surface area contributed by atoms with E-state index in [4.69, 9.17) is 0 Å². The van der Waals surface area contributed by atoms with E-state index in [1.807, 2.05) is 18.5 Å². The Labute approximate surface area is 171 Å². The first-order valence-corrected chi connectivity index (χ1v) is 10.1. The molecular weight excluding hydrogens is 356 g/mol. The average Bonchev–Trinajstić information content (AvgIpc) is 3.21. The summed E-state index contributed by atoms with van der Waals surface area (Å²) in [6.45, 7) is 6.73. The van der Waals surface area contributed by atoms with Crippen LogP contribution < -0.4 is 0 Å². The number of aromatic nitrogens is 2. The van der Waals surface area contributed by atoms with Crippen LogP contribution in [0, 0.1) is 0 Å². The van der Waals surface area contributed by atoms with Crippen molar-refractivity contribution in [2.45, 2.75) is 32.6 Å². The highest BCUT2D eigenvalue weighted by molar-refractivity contribution is 5.77. The number of nitrogens with zero attached hydrogens (tertiary/aromatic N) is 2. The summed E-state index contributed by atoms with van der Waals surface area (Å²) in [5, 5.41) is 10.5. The van der Waals surface area contributed by atoms with Crippen molar-refractivity contribution in [1.82, 2.24) is 9.55 Å². The van der Waals surface area contributed by atoms with Crippen LogP contribution in [-0.2, 0) is 0 Å². The monoisotopic (exact) mass is 380 g/mol. The number of phenols is 1. The summed E-state index contributed by atoms with van der Waals surface area (Å²) >= 11 is 0. The number of para-hydroxylation sites is 1. The highest BCUT2D eigenvalue weighted by atomic mass is 16.3. The second kappa shape index (κ2) is 6.63. The molecule has 2 heterocycles. The first-order valence-electron chi connectivity index (χ1n) is 10.1. The summed E-state index contributed by atoms with van der Waals surface area (Å²) in [5.41, 5.74) is 8.13. The fraction of sp³-hybridized carbons (Fsp3) is 0.192. The van der Waals surface area contributed by atoms with Crippen molar-refractivity contribution in [2.24, 2.45) is 0 Å². The van der Waals surface area contributed by atoms with Gasteiger partial charge in [0.25, 0.3) is 0 Å². The van der Waals surface area contributed by atoms with E-state index in [1.54, 1.807) is 6.07 Å². The second-order valence-electron chi connectivity index (χ2n) is 8.14. The SMILES string of the molecule is CC(C)c1cccc2c1-n1ccnc1-c1cc(O)cc(c1)-c1ccccc1C2C. The number of imidazole rings is 1. The van der Waals surface area contributed by atoms with E-state index in [0.29, 0.717) is 5.92 Å². The zero-order valence-electron chi connectivity index (χ0n) is 16.9. The molecule has 1 unspecified atom stereocenters. The normalized spacial score (nSPS) is 14.8. The van der Waals surface area contributed by atoms with Gasteiger partial charge in [0.2, 0.25) is 0 Å². The zero-order valence-corrected chi connectivity index (χ0v) is 16.9. The van der Waals surface area contributed by atoms with E-state index in [0.717, 1.165) is 22.5 Å². The van der Waals surface area contributed by atoms with Crippen LogP contribution in [0.4, 0.5) is 0 Å². The lowest BCUT2D eigenvalue weighted by molar-refractivity contribution is 0.476. The number of fused-ring (bicyclic) bond motifs is 8. The number of phenolic OH excluding ortho intramolecular Hbond substituents is 1. The molecule has 1 aromatic heterocycles. The number of hydrogen-bond acceptors (Lipinski definition) is 2. The van der Waals surface area contributed by atoms with Gasteiger partial charge in [0.15, 0.2) is 0 Å². The van der Waals surface area contributed by atoms with Gasteiger partial charge in [0.1, 0.15) is 11.6 Å². The van der Waals surface area contributed by atoms with Gasteiger partial charge in [0.05, 0.1) is 5.69 Å². The van der Waals surface area contributed by atoms with Crippen molar-refractivity contribution < 1.29 is 5.11 Å². The van der Waals surface area contributed by atoms with Crippen molar-refractivity contribution in [2.75, 3.05) is 0 Å². The molecule has 0 fully saturated rings. The second-order valence-corrected chi connectivity index (χ2v) is 8.14. The molecule has 3 heteroatoms. The number of rotatable bonds is 1. The number of benzene rings is 3. The maximum Gasteiger partial charge on any atom is 0.144 e. The maximum absolute atomic E-state index is 10.5.